The molecule has 2 heterocycles. The van der Waals surface area contributed by atoms with E-state index in [9.17, 15) is 19.8 Å². The quantitative estimate of drug-likeness (QED) is 0.753. The standard InChI is InChI=1S/C20H13NO4/c22-18(23)12-6-5-11-7-17-14-4-2-1-3-13(14)15-9-20(15,19(24)25)10-21(17)16(11)8-12/h1-9H,10H2,(H,22,23)(H,24,25). The Morgan fingerprint density at radius 2 is 1.76 bits per heavy atom. The number of nitrogens with zero attached hydrogens (tertiary/aromatic N) is 1. The van der Waals surface area contributed by atoms with E-state index in [4.69, 9.17) is 0 Å². The molecule has 2 aromatic carbocycles. The molecule has 1 unspecified atom stereocenters. The highest BCUT2D eigenvalue weighted by molar-refractivity contribution is 6.09. The largest absolute Gasteiger partial charge is 0.480 e. The Balaban J connectivity index is 1.85. The van der Waals surface area contributed by atoms with Crippen molar-refractivity contribution in [1.29, 1.82) is 0 Å². The predicted molar refractivity (Wildman–Crippen MR) is 92.4 cm³/mol. The van der Waals surface area contributed by atoms with Crippen molar-refractivity contribution in [3.63, 3.8) is 0 Å². The van der Waals surface area contributed by atoms with Gasteiger partial charge in [0, 0.05) is 28.7 Å². The zero-order chi connectivity index (χ0) is 17.3. The van der Waals surface area contributed by atoms with Crippen molar-refractivity contribution in [2.45, 2.75) is 6.54 Å². The molecule has 5 heteroatoms. The number of carboxylic acid groups (broad SMARTS) is 2. The smallest absolute Gasteiger partial charge is 0.335 e. The van der Waals surface area contributed by atoms with Crippen LogP contribution < -0.4 is 0 Å². The van der Waals surface area contributed by atoms with Crippen LogP contribution in [0.15, 0.2) is 54.6 Å². The van der Waals surface area contributed by atoms with Crippen LogP contribution in [0, 0.1) is 5.41 Å². The van der Waals surface area contributed by atoms with Gasteiger partial charge in [0.05, 0.1) is 5.56 Å². The number of aliphatic carboxylic acids is 1. The van der Waals surface area contributed by atoms with Crippen LogP contribution in [0.5, 0.6) is 0 Å². The van der Waals surface area contributed by atoms with E-state index in [1.807, 2.05) is 34.9 Å². The van der Waals surface area contributed by atoms with Crippen molar-refractivity contribution < 1.29 is 19.8 Å². The van der Waals surface area contributed by atoms with Crippen LogP contribution in [0.4, 0.5) is 0 Å². The highest BCUT2D eigenvalue weighted by Gasteiger charge is 2.54. The van der Waals surface area contributed by atoms with Crippen molar-refractivity contribution in [2.75, 3.05) is 0 Å². The molecule has 1 aliphatic heterocycles. The summed E-state index contributed by atoms with van der Waals surface area (Å²) in [6.07, 6.45) is 1.80. The van der Waals surface area contributed by atoms with Crippen LogP contribution in [0.3, 0.4) is 0 Å². The van der Waals surface area contributed by atoms with Gasteiger partial charge in [0.1, 0.15) is 5.41 Å². The fourth-order valence-corrected chi connectivity index (χ4v) is 3.88. The first kappa shape index (κ1) is 14.0. The first-order chi connectivity index (χ1) is 12.0. The maximum atomic E-state index is 12.0. The minimum Gasteiger partial charge on any atom is -0.480 e. The third-order valence-corrected chi connectivity index (χ3v) is 5.22. The van der Waals surface area contributed by atoms with Gasteiger partial charge in [-0.2, -0.15) is 0 Å². The van der Waals surface area contributed by atoms with Gasteiger partial charge in [-0.25, -0.2) is 4.79 Å². The number of hydrogen-bond acceptors (Lipinski definition) is 2. The summed E-state index contributed by atoms with van der Waals surface area (Å²) in [6.45, 7) is 0.272. The van der Waals surface area contributed by atoms with E-state index < -0.39 is 17.4 Å². The summed E-state index contributed by atoms with van der Waals surface area (Å²) in [5.41, 5.74) is 3.59. The minimum atomic E-state index is -1.01. The molecule has 2 aliphatic rings. The lowest BCUT2D eigenvalue weighted by molar-refractivity contribution is -0.142. The fraction of sp³-hybridized carbons (Fsp3) is 0.100. The zero-order valence-corrected chi connectivity index (χ0v) is 13.1. The van der Waals surface area contributed by atoms with E-state index in [0.29, 0.717) is 0 Å². The third kappa shape index (κ3) is 1.72. The molecule has 0 bridgehead atoms. The highest BCUT2D eigenvalue weighted by Crippen LogP contribution is 2.57. The molecule has 0 saturated carbocycles. The average molecular weight is 331 g/mol. The maximum absolute atomic E-state index is 12.0. The second kappa shape index (κ2) is 4.39. The molecule has 5 rings (SSSR count). The number of fused-ring (bicyclic) bond motifs is 7. The van der Waals surface area contributed by atoms with Gasteiger partial charge in [-0.15, -0.1) is 0 Å². The molecular weight excluding hydrogens is 318 g/mol. The normalized spacial score (nSPS) is 20.1. The number of hydrogen-bond donors (Lipinski definition) is 2. The number of aromatic nitrogens is 1. The monoisotopic (exact) mass is 331 g/mol. The molecule has 1 aromatic heterocycles. The second-order valence-electron chi connectivity index (χ2n) is 6.57. The van der Waals surface area contributed by atoms with Crippen molar-refractivity contribution in [1.82, 2.24) is 4.57 Å². The van der Waals surface area contributed by atoms with E-state index in [-0.39, 0.29) is 12.1 Å². The topological polar surface area (TPSA) is 79.5 Å². The lowest BCUT2D eigenvalue weighted by Gasteiger charge is -2.15. The number of carboxylic acids is 2. The molecule has 25 heavy (non-hydrogen) atoms. The first-order valence-corrected chi connectivity index (χ1v) is 7.94. The van der Waals surface area contributed by atoms with Gasteiger partial charge < -0.3 is 14.8 Å². The van der Waals surface area contributed by atoms with Crippen LogP contribution in [-0.4, -0.2) is 26.7 Å². The fourth-order valence-electron chi connectivity index (χ4n) is 3.88. The Bertz CT molecular complexity index is 1140. The minimum absolute atomic E-state index is 0.194. The van der Waals surface area contributed by atoms with E-state index in [1.54, 1.807) is 24.3 Å². The molecule has 0 saturated heterocycles. The van der Waals surface area contributed by atoms with E-state index in [0.717, 1.165) is 33.3 Å². The Kier molecular flexibility index (Phi) is 2.46. The lowest BCUT2D eigenvalue weighted by atomic mass is 9.94. The van der Waals surface area contributed by atoms with Crippen molar-refractivity contribution in [3.05, 3.63) is 65.7 Å². The van der Waals surface area contributed by atoms with Gasteiger partial charge in [-0.1, -0.05) is 36.4 Å². The van der Waals surface area contributed by atoms with Crippen LogP contribution in [0.2, 0.25) is 0 Å². The van der Waals surface area contributed by atoms with Crippen molar-refractivity contribution in [3.8, 4) is 11.3 Å². The highest BCUT2D eigenvalue weighted by atomic mass is 16.4. The van der Waals surface area contributed by atoms with Gasteiger partial charge in [-0.3, -0.25) is 4.79 Å². The molecule has 0 spiro atoms. The molecular formula is C20H13NO4. The summed E-state index contributed by atoms with van der Waals surface area (Å²) in [5, 5.41) is 20.0. The molecule has 5 nitrogen and oxygen atoms in total. The van der Waals surface area contributed by atoms with Gasteiger partial charge in [-0.05, 0) is 29.3 Å². The summed E-state index contributed by atoms with van der Waals surface area (Å²) in [5.74, 6) is -1.87. The number of aromatic carboxylic acids is 1. The van der Waals surface area contributed by atoms with Crippen LogP contribution >= 0.6 is 0 Å². The second-order valence-corrected chi connectivity index (χ2v) is 6.57. The number of carbonyl (C=O) groups is 2. The molecule has 0 amide bonds. The van der Waals surface area contributed by atoms with E-state index in [1.165, 1.54) is 0 Å². The number of rotatable bonds is 2. The molecule has 0 radical (unpaired) electrons. The lowest BCUT2D eigenvalue weighted by Crippen LogP contribution is -2.24. The average Bonchev–Trinajstić information content (AvgIpc) is 3.25. The van der Waals surface area contributed by atoms with Gasteiger partial charge >= 0.3 is 11.9 Å². The Labute approximate surface area is 142 Å². The van der Waals surface area contributed by atoms with Gasteiger partial charge in [0.15, 0.2) is 0 Å². The summed E-state index contributed by atoms with van der Waals surface area (Å²) in [4.78, 5) is 23.3. The molecule has 0 fully saturated rings. The van der Waals surface area contributed by atoms with Crippen LogP contribution in [-0.2, 0) is 11.3 Å². The molecule has 2 N–H and O–H groups in total. The SMILES string of the molecule is O=C(O)c1ccc2cc3n(c2c1)CC1(C(=O)O)C=C1c1ccccc1-3. The molecule has 3 aromatic rings. The van der Waals surface area contributed by atoms with E-state index >= 15 is 0 Å². The van der Waals surface area contributed by atoms with E-state index in [2.05, 4.69) is 0 Å². The molecule has 1 atom stereocenters. The maximum Gasteiger partial charge on any atom is 0.335 e. The van der Waals surface area contributed by atoms with Crippen LogP contribution in [0.25, 0.3) is 27.7 Å². The van der Waals surface area contributed by atoms with Crippen LogP contribution in [0.1, 0.15) is 15.9 Å². The Hall–Kier alpha value is -3.34. The number of benzene rings is 2. The summed E-state index contributed by atoms with van der Waals surface area (Å²) < 4.78 is 1.94. The van der Waals surface area contributed by atoms with Gasteiger partial charge in [0.25, 0.3) is 0 Å². The summed E-state index contributed by atoms with van der Waals surface area (Å²) in [7, 11) is 0. The zero-order valence-electron chi connectivity index (χ0n) is 13.1. The van der Waals surface area contributed by atoms with Crippen molar-refractivity contribution in [2.24, 2.45) is 5.41 Å². The molecule has 122 valence electrons. The predicted octanol–water partition coefficient (Wildman–Crippen LogP) is 3.49. The summed E-state index contributed by atoms with van der Waals surface area (Å²) >= 11 is 0. The Morgan fingerprint density at radius 1 is 1.00 bits per heavy atom. The summed E-state index contributed by atoms with van der Waals surface area (Å²) in [6, 6.07) is 14.7. The van der Waals surface area contributed by atoms with Crippen molar-refractivity contribution >= 4 is 28.4 Å². The molecule has 1 aliphatic carbocycles. The first-order valence-electron chi connectivity index (χ1n) is 7.94. The van der Waals surface area contributed by atoms with Gasteiger partial charge in [0.2, 0.25) is 0 Å². The third-order valence-electron chi connectivity index (χ3n) is 5.22. The Morgan fingerprint density at radius 3 is 2.48 bits per heavy atom.